The summed E-state index contributed by atoms with van der Waals surface area (Å²) < 4.78 is 7.66. The molecule has 0 radical (unpaired) electrons. The highest BCUT2D eigenvalue weighted by molar-refractivity contribution is 8.10. The summed E-state index contributed by atoms with van der Waals surface area (Å²) in [6, 6.07) is 0. The Kier molecular flexibility index (Phi) is 5.32. The topological polar surface area (TPSA) is 38.7 Å². The first-order chi connectivity index (χ1) is 5.28. The van der Waals surface area contributed by atoms with Gasteiger partial charge < -0.3 is 14.2 Å². The molecule has 0 aliphatic heterocycles. The maximum atomic E-state index is 9.40. The van der Waals surface area contributed by atoms with Gasteiger partial charge in [0.05, 0.1) is 0 Å². The largest absolute Gasteiger partial charge is 0.379 e. The molecule has 8 heteroatoms. The molecule has 1 atom stereocenters. The highest BCUT2D eigenvalue weighted by Crippen LogP contribution is 2.57. The van der Waals surface area contributed by atoms with E-state index < -0.39 is 16.1 Å². The first-order valence-corrected chi connectivity index (χ1v) is 6.58. The summed E-state index contributed by atoms with van der Waals surface area (Å²) in [5.41, 5.74) is 0. The average Bonchev–Trinajstić information content (AvgIpc) is 2.00. The lowest BCUT2D eigenvalue weighted by atomic mass is 10.8. The van der Waals surface area contributed by atoms with Crippen LogP contribution >= 0.6 is 41.3 Å². The third kappa shape index (κ3) is 3.28. The summed E-state index contributed by atoms with van der Waals surface area (Å²) in [5, 5.41) is 9.40. The van der Waals surface area contributed by atoms with E-state index in [1.807, 2.05) is 0 Å². The minimum Gasteiger partial charge on any atom is -0.379 e. The lowest BCUT2D eigenvalue weighted by Crippen LogP contribution is -2.26. The molecule has 0 aromatic rings. The minimum atomic E-state index is -2.90. The number of halogens is 3. The van der Waals surface area contributed by atoms with E-state index in [2.05, 4.69) is 0 Å². The highest BCUT2D eigenvalue weighted by atomic mass is 35.6. The van der Waals surface area contributed by atoms with E-state index >= 15 is 0 Å². The fourth-order valence-electron chi connectivity index (χ4n) is 0.454. The van der Waals surface area contributed by atoms with Crippen LogP contribution < -0.4 is 0 Å². The molecule has 0 rings (SSSR count). The smallest absolute Gasteiger partial charge is 0.225 e. The van der Waals surface area contributed by atoms with Crippen LogP contribution in [0.5, 0.6) is 0 Å². The van der Waals surface area contributed by atoms with E-state index in [1.54, 1.807) is 0 Å². The van der Waals surface area contributed by atoms with Gasteiger partial charge in [-0.2, -0.15) is 0 Å². The summed E-state index contributed by atoms with van der Waals surface area (Å²) in [6.45, 7) is -2.90. The van der Waals surface area contributed by atoms with E-state index in [0.29, 0.717) is 0 Å². The highest BCUT2D eigenvalue weighted by Gasteiger charge is 2.42. The van der Waals surface area contributed by atoms with Gasteiger partial charge in [-0.15, -0.1) is 0 Å². The van der Waals surface area contributed by atoms with Crippen LogP contribution in [0.15, 0.2) is 0 Å². The molecule has 0 spiro atoms. The third-order valence-corrected chi connectivity index (χ3v) is 5.68. The quantitative estimate of drug-likeness (QED) is 0.632. The van der Waals surface area contributed by atoms with Crippen molar-refractivity contribution in [1.82, 2.24) is 0 Å². The van der Waals surface area contributed by atoms with Crippen LogP contribution in [0.3, 0.4) is 0 Å². The summed E-state index contributed by atoms with van der Waals surface area (Å²) in [5.74, 6) is -1.43. The minimum absolute atomic E-state index is 1.30. The van der Waals surface area contributed by atoms with Gasteiger partial charge in [-0.25, -0.2) is 0 Å². The molecule has 12 heavy (non-hydrogen) atoms. The average molecular weight is 274 g/mol. The Morgan fingerprint density at radius 3 is 1.75 bits per heavy atom. The molecule has 0 aliphatic carbocycles. The molecule has 0 aliphatic rings. The van der Waals surface area contributed by atoms with Crippen LogP contribution in [-0.4, -0.2) is 29.0 Å². The maximum Gasteiger partial charge on any atom is 0.225 e. The number of alkyl halides is 3. The second kappa shape index (κ2) is 4.76. The Labute approximate surface area is 91.1 Å². The van der Waals surface area contributed by atoms with Crippen molar-refractivity contribution in [2.75, 3.05) is 14.2 Å². The molecule has 1 unspecified atom stereocenters. The molecule has 0 bridgehead atoms. The third-order valence-electron chi connectivity index (χ3n) is 1.10. The lowest BCUT2D eigenvalue weighted by molar-refractivity contribution is 0.208. The summed E-state index contributed by atoms with van der Waals surface area (Å²) in [6.07, 6.45) is 0. The van der Waals surface area contributed by atoms with E-state index in [9.17, 15) is 5.11 Å². The van der Waals surface area contributed by atoms with Crippen LogP contribution in [0, 0.1) is 0 Å². The Bertz CT molecular complexity index is 186. The van der Waals surface area contributed by atoms with Gasteiger partial charge in [0.2, 0.25) is 10.3 Å². The van der Waals surface area contributed by atoms with Crippen molar-refractivity contribution in [2.45, 2.75) is 9.64 Å². The molecule has 0 fully saturated rings. The summed E-state index contributed by atoms with van der Waals surface area (Å²) >= 11 is 21.1. The van der Waals surface area contributed by atoms with Crippen LogP contribution in [-0.2, 0) is 20.9 Å². The van der Waals surface area contributed by atoms with Crippen LogP contribution in [0.1, 0.15) is 0 Å². The molecule has 0 amide bonds. The van der Waals surface area contributed by atoms with E-state index in [4.69, 9.17) is 55.7 Å². The molecule has 1 N–H and O–H groups in total. The standard InChI is InChI=1S/C4H8Cl3O3PS/c1-9-11(12,10-2)3(8)4(5,6)7/h3,8H,1-2H3. The number of aliphatic hydroxyl groups excluding tert-OH is 1. The fourth-order valence-corrected chi connectivity index (χ4v) is 3.51. The molecule has 0 saturated heterocycles. The molecular formula is C4H8Cl3O3PS. The Morgan fingerprint density at radius 2 is 1.67 bits per heavy atom. The number of hydrogen-bond donors (Lipinski definition) is 1. The molecule has 3 nitrogen and oxygen atoms in total. The molecule has 0 aromatic heterocycles. The van der Waals surface area contributed by atoms with Gasteiger partial charge in [0.25, 0.3) is 0 Å². The monoisotopic (exact) mass is 272 g/mol. The van der Waals surface area contributed by atoms with Gasteiger partial charge in [0.1, 0.15) is 0 Å². The summed E-state index contributed by atoms with van der Waals surface area (Å²) in [7, 11) is 2.59. The first kappa shape index (κ1) is 13.4. The van der Waals surface area contributed by atoms with Crippen LogP contribution in [0.4, 0.5) is 0 Å². The second-order valence-corrected chi connectivity index (χ2v) is 8.02. The van der Waals surface area contributed by atoms with E-state index in [0.717, 1.165) is 0 Å². The molecule has 74 valence electrons. The zero-order chi connectivity index (χ0) is 9.99. The van der Waals surface area contributed by atoms with Crippen molar-refractivity contribution in [3.8, 4) is 0 Å². The fraction of sp³-hybridized carbons (Fsp3) is 1.00. The van der Waals surface area contributed by atoms with E-state index in [-0.39, 0.29) is 0 Å². The van der Waals surface area contributed by atoms with Gasteiger partial charge in [0, 0.05) is 14.2 Å². The van der Waals surface area contributed by atoms with Gasteiger partial charge >= 0.3 is 0 Å². The van der Waals surface area contributed by atoms with Gasteiger partial charge in [-0.1, -0.05) is 34.8 Å². The van der Waals surface area contributed by atoms with Crippen LogP contribution in [0.25, 0.3) is 0 Å². The van der Waals surface area contributed by atoms with Crippen molar-refractivity contribution < 1.29 is 14.2 Å². The zero-order valence-electron chi connectivity index (χ0n) is 6.33. The Balaban J connectivity index is 4.66. The zero-order valence-corrected chi connectivity index (χ0v) is 10.3. The van der Waals surface area contributed by atoms with Crippen molar-refractivity contribution >= 4 is 53.1 Å². The summed E-state index contributed by atoms with van der Waals surface area (Å²) in [4.78, 5) is 0. The van der Waals surface area contributed by atoms with Crippen LogP contribution in [0.2, 0.25) is 0 Å². The first-order valence-electron chi connectivity index (χ1n) is 2.74. The van der Waals surface area contributed by atoms with Crippen molar-refractivity contribution in [1.29, 1.82) is 0 Å². The normalized spacial score (nSPS) is 16.2. The van der Waals surface area contributed by atoms with Crippen molar-refractivity contribution in [3.63, 3.8) is 0 Å². The molecular weight excluding hydrogens is 265 g/mol. The van der Waals surface area contributed by atoms with Gasteiger partial charge in [-0.3, -0.25) is 0 Å². The SMILES string of the molecule is COP(=S)(OC)C(O)C(Cl)(Cl)Cl. The van der Waals surface area contributed by atoms with Gasteiger partial charge in [-0.05, 0) is 11.8 Å². The number of hydrogen-bond acceptors (Lipinski definition) is 4. The maximum absolute atomic E-state index is 9.40. The number of rotatable bonds is 3. The molecule has 0 heterocycles. The lowest BCUT2D eigenvalue weighted by Gasteiger charge is -2.28. The second-order valence-electron chi connectivity index (χ2n) is 1.82. The molecule has 0 saturated carbocycles. The van der Waals surface area contributed by atoms with Crippen molar-refractivity contribution in [2.24, 2.45) is 0 Å². The van der Waals surface area contributed by atoms with Crippen molar-refractivity contribution in [3.05, 3.63) is 0 Å². The van der Waals surface area contributed by atoms with E-state index in [1.165, 1.54) is 14.2 Å². The Morgan fingerprint density at radius 1 is 1.33 bits per heavy atom. The predicted molar refractivity (Wildman–Crippen MR) is 54.6 cm³/mol. The Hall–Kier alpha value is 1.40. The predicted octanol–water partition coefficient (Wildman–Crippen LogP) is 2.28. The number of aliphatic hydroxyl groups is 1. The van der Waals surface area contributed by atoms with Gasteiger partial charge in [0.15, 0.2) is 5.85 Å². The molecule has 0 aromatic carbocycles.